The summed E-state index contributed by atoms with van der Waals surface area (Å²) in [6.45, 7) is 1.32. The van der Waals surface area contributed by atoms with Gasteiger partial charge in [0.1, 0.15) is 0 Å². The molecule has 106 valence electrons. The molecule has 2 rings (SSSR count). The van der Waals surface area contributed by atoms with E-state index in [1.807, 2.05) is 4.98 Å². The van der Waals surface area contributed by atoms with Crippen LogP contribution in [-0.2, 0) is 10.0 Å². The van der Waals surface area contributed by atoms with E-state index >= 15 is 0 Å². The predicted octanol–water partition coefficient (Wildman–Crippen LogP) is 0.826. The van der Waals surface area contributed by atoms with Gasteiger partial charge in [-0.15, -0.1) is 0 Å². The summed E-state index contributed by atoms with van der Waals surface area (Å²) in [6, 6.07) is 6.02. The molecule has 0 saturated heterocycles. The first-order chi connectivity index (χ1) is 9.29. The Morgan fingerprint density at radius 2 is 1.90 bits per heavy atom. The SMILES string of the molecule is Cc1[nH]c(=O)[nH]c(=O)c1S(=O)(=O)Nc1cccc(Cl)c1. The number of hydrogen-bond donors (Lipinski definition) is 3. The summed E-state index contributed by atoms with van der Waals surface area (Å²) in [6.07, 6.45) is 0. The van der Waals surface area contributed by atoms with Crippen molar-refractivity contribution in [3.8, 4) is 0 Å². The summed E-state index contributed by atoms with van der Waals surface area (Å²) in [7, 11) is -4.13. The molecule has 20 heavy (non-hydrogen) atoms. The maximum atomic E-state index is 12.2. The molecule has 0 spiro atoms. The number of aromatic amines is 2. The van der Waals surface area contributed by atoms with Crippen LogP contribution in [-0.4, -0.2) is 18.4 Å². The summed E-state index contributed by atoms with van der Waals surface area (Å²) in [5.74, 6) is 0. The number of halogens is 1. The van der Waals surface area contributed by atoms with Crippen molar-refractivity contribution in [3.63, 3.8) is 0 Å². The average Bonchev–Trinajstić information content (AvgIpc) is 2.25. The molecule has 0 aliphatic carbocycles. The third-order valence-corrected chi connectivity index (χ3v) is 4.19. The molecule has 3 N–H and O–H groups in total. The number of aryl methyl sites for hydroxylation is 1. The van der Waals surface area contributed by atoms with Gasteiger partial charge in [0.25, 0.3) is 15.6 Å². The van der Waals surface area contributed by atoms with Gasteiger partial charge in [-0.1, -0.05) is 17.7 Å². The minimum absolute atomic E-state index is 0.0479. The molecule has 0 bridgehead atoms. The Labute approximate surface area is 118 Å². The van der Waals surface area contributed by atoms with Crippen LogP contribution in [0.2, 0.25) is 5.02 Å². The second-order valence-electron chi connectivity index (χ2n) is 3.98. The zero-order chi connectivity index (χ0) is 14.9. The van der Waals surface area contributed by atoms with Gasteiger partial charge in [0, 0.05) is 10.7 Å². The molecule has 0 fully saturated rings. The molecule has 0 radical (unpaired) electrons. The van der Waals surface area contributed by atoms with Crippen molar-refractivity contribution in [2.75, 3.05) is 4.72 Å². The molecule has 1 heterocycles. The van der Waals surface area contributed by atoms with E-state index in [1.165, 1.54) is 19.1 Å². The minimum atomic E-state index is -4.13. The summed E-state index contributed by atoms with van der Waals surface area (Å²) in [5.41, 5.74) is -1.59. The summed E-state index contributed by atoms with van der Waals surface area (Å²) in [4.78, 5) is 26.2. The molecule has 0 amide bonds. The van der Waals surface area contributed by atoms with Crippen LogP contribution < -0.4 is 16.0 Å². The molecule has 0 aliphatic heterocycles. The third-order valence-electron chi connectivity index (χ3n) is 2.42. The largest absolute Gasteiger partial charge is 0.325 e. The van der Waals surface area contributed by atoms with Crippen LogP contribution >= 0.6 is 11.6 Å². The number of rotatable bonds is 3. The summed E-state index contributed by atoms with van der Waals surface area (Å²) in [5, 5.41) is 0.345. The van der Waals surface area contributed by atoms with Crippen LogP contribution in [0.3, 0.4) is 0 Å². The minimum Gasteiger partial charge on any atom is -0.310 e. The lowest BCUT2D eigenvalue weighted by atomic mass is 10.3. The van der Waals surface area contributed by atoms with E-state index in [-0.39, 0.29) is 11.4 Å². The van der Waals surface area contributed by atoms with Gasteiger partial charge >= 0.3 is 5.69 Å². The van der Waals surface area contributed by atoms with E-state index in [9.17, 15) is 18.0 Å². The molecule has 0 saturated carbocycles. The first-order valence-electron chi connectivity index (χ1n) is 5.41. The Hall–Kier alpha value is -2.06. The van der Waals surface area contributed by atoms with Gasteiger partial charge in [-0.25, -0.2) is 13.2 Å². The molecule has 0 unspecified atom stereocenters. The highest BCUT2D eigenvalue weighted by Gasteiger charge is 2.22. The molecular weight excluding hydrogens is 306 g/mol. The highest BCUT2D eigenvalue weighted by molar-refractivity contribution is 7.92. The molecule has 0 atom stereocenters. The van der Waals surface area contributed by atoms with Gasteiger partial charge in [-0.05, 0) is 25.1 Å². The maximum Gasteiger partial charge on any atom is 0.325 e. The zero-order valence-corrected chi connectivity index (χ0v) is 11.8. The van der Waals surface area contributed by atoms with Gasteiger partial charge in [0.05, 0.1) is 5.69 Å². The van der Waals surface area contributed by atoms with Gasteiger partial charge in [0.2, 0.25) is 0 Å². The van der Waals surface area contributed by atoms with Crippen LogP contribution in [0.25, 0.3) is 0 Å². The van der Waals surface area contributed by atoms with Crippen LogP contribution in [0.5, 0.6) is 0 Å². The third kappa shape index (κ3) is 2.91. The van der Waals surface area contributed by atoms with Crippen LogP contribution in [0.1, 0.15) is 5.69 Å². The standard InChI is InChI=1S/C11H10ClN3O4S/c1-6-9(10(16)14-11(17)13-6)20(18,19)15-8-4-2-3-7(12)5-8/h2-5,15H,1H3,(H2,13,14,16,17). The Morgan fingerprint density at radius 1 is 1.20 bits per heavy atom. The Kier molecular flexibility index (Phi) is 3.69. The van der Waals surface area contributed by atoms with Crippen molar-refractivity contribution in [1.29, 1.82) is 0 Å². The topological polar surface area (TPSA) is 112 Å². The van der Waals surface area contributed by atoms with Crippen molar-refractivity contribution in [2.45, 2.75) is 11.8 Å². The Morgan fingerprint density at radius 3 is 2.50 bits per heavy atom. The second kappa shape index (κ2) is 5.14. The van der Waals surface area contributed by atoms with E-state index in [0.29, 0.717) is 5.02 Å². The number of nitrogens with one attached hydrogen (secondary N) is 3. The quantitative estimate of drug-likeness (QED) is 0.778. The fraction of sp³-hybridized carbons (Fsp3) is 0.0909. The Balaban J connectivity index is 2.52. The predicted molar refractivity (Wildman–Crippen MR) is 74.7 cm³/mol. The molecule has 0 aliphatic rings. The number of aromatic nitrogens is 2. The average molecular weight is 316 g/mol. The van der Waals surface area contributed by atoms with Crippen LogP contribution in [0, 0.1) is 6.92 Å². The number of anilines is 1. The highest BCUT2D eigenvalue weighted by Crippen LogP contribution is 2.18. The molecule has 1 aromatic carbocycles. The van der Waals surface area contributed by atoms with Gasteiger partial charge < -0.3 is 4.98 Å². The molecule has 9 heteroatoms. The molecule has 1 aromatic heterocycles. The van der Waals surface area contributed by atoms with E-state index in [2.05, 4.69) is 9.71 Å². The second-order valence-corrected chi connectivity index (χ2v) is 6.03. The Bertz CT molecular complexity index is 870. The van der Waals surface area contributed by atoms with Crippen molar-refractivity contribution in [1.82, 2.24) is 9.97 Å². The van der Waals surface area contributed by atoms with E-state index < -0.39 is 26.2 Å². The fourth-order valence-electron chi connectivity index (χ4n) is 1.67. The number of H-pyrrole nitrogens is 2. The smallest absolute Gasteiger partial charge is 0.310 e. The van der Waals surface area contributed by atoms with Gasteiger partial charge in [-0.3, -0.25) is 14.5 Å². The van der Waals surface area contributed by atoms with Gasteiger partial charge in [-0.2, -0.15) is 0 Å². The van der Waals surface area contributed by atoms with Crippen molar-refractivity contribution >= 4 is 27.3 Å². The number of benzene rings is 1. The molecule has 2 aromatic rings. The molecule has 7 nitrogen and oxygen atoms in total. The first kappa shape index (κ1) is 14.4. The number of sulfonamides is 1. The molecular formula is C11H10ClN3O4S. The number of hydrogen-bond acceptors (Lipinski definition) is 4. The van der Waals surface area contributed by atoms with E-state index in [4.69, 9.17) is 11.6 Å². The van der Waals surface area contributed by atoms with Crippen molar-refractivity contribution < 1.29 is 8.42 Å². The van der Waals surface area contributed by atoms with Crippen LogP contribution in [0.4, 0.5) is 5.69 Å². The van der Waals surface area contributed by atoms with E-state index in [0.717, 1.165) is 0 Å². The zero-order valence-electron chi connectivity index (χ0n) is 10.2. The van der Waals surface area contributed by atoms with Crippen molar-refractivity contribution in [3.05, 3.63) is 55.8 Å². The lowest BCUT2D eigenvalue weighted by Crippen LogP contribution is -2.31. The summed E-state index contributed by atoms with van der Waals surface area (Å²) >= 11 is 5.75. The van der Waals surface area contributed by atoms with Crippen LogP contribution in [0.15, 0.2) is 38.8 Å². The van der Waals surface area contributed by atoms with Crippen molar-refractivity contribution in [2.24, 2.45) is 0 Å². The highest BCUT2D eigenvalue weighted by atomic mass is 35.5. The summed E-state index contributed by atoms with van der Waals surface area (Å²) < 4.78 is 26.6. The maximum absolute atomic E-state index is 12.2. The lowest BCUT2D eigenvalue weighted by Gasteiger charge is -2.09. The monoisotopic (exact) mass is 315 g/mol. The first-order valence-corrected chi connectivity index (χ1v) is 7.27. The fourth-order valence-corrected chi connectivity index (χ4v) is 3.15. The normalized spacial score (nSPS) is 11.3. The lowest BCUT2D eigenvalue weighted by molar-refractivity contribution is 0.598. The van der Waals surface area contributed by atoms with Gasteiger partial charge in [0.15, 0.2) is 4.90 Å². The van der Waals surface area contributed by atoms with E-state index in [1.54, 1.807) is 12.1 Å².